The summed E-state index contributed by atoms with van der Waals surface area (Å²) in [6.45, 7) is -0.652. The van der Waals surface area contributed by atoms with Crippen molar-refractivity contribution in [1.82, 2.24) is 9.55 Å². The van der Waals surface area contributed by atoms with E-state index in [2.05, 4.69) is 4.98 Å². The number of hydrogen-bond acceptors (Lipinski definition) is 4. The van der Waals surface area contributed by atoms with Crippen molar-refractivity contribution in [3.63, 3.8) is 0 Å². The summed E-state index contributed by atoms with van der Waals surface area (Å²) in [6, 6.07) is 9.91. The molecule has 2 aromatic carbocycles. The zero-order chi connectivity index (χ0) is 17.3. The molecule has 24 heavy (non-hydrogen) atoms. The number of fused-ring (bicyclic) bond motifs is 1. The number of carbonyl (C=O) groups excluding carboxylic acids is 1. The number of nitrogens with zero attached hydrogens (tertiary/aromatic N) is 1. The summed E-state index contributed by atoms with van der Waals surface area (Å²) in [4.78, 5) is 38.7. The summed E-state index contributed by atoms with van der Waals surface area (Å²) in [5, 5.41) is 0.400. The number of ether oxygens (including phenoxy) is 1. The maximum atomic E-state index is 13.6. The van der Waals surface area contributed by atoms with Crippen LogP contribution in [0.15, 0.2) is 52.1 Å². The van der Waals surface area contributed by atoms with Gasteiger partial charge in [-0.05, 0) is 30.3 Å². The zero-order valence-corrected chi connectivity index (χ0v) is 12.8. The number of benzene rings is 2. The van der Waals surface area contributed by atoms with E-state index in [1.165, 1.54) is 18.2 Å². The molecule has 1 N–H and O–H groups in total. The summed E-state index contributed by atoms with van der Waals surface area (Å²) < 4.78 is 19.2. The van der Waals surface area contributed by atoms with Crippen LogP contribution in [-0.4, -0.2) is 15.5 Å². The maximum absolute atomic E-state index is 13.6. The van der Waals surface area contributed by atoms with Crippen molar-refractivity contribution in [2.75, 3.05) is 0 Å². The second-order valence-electron chi connectivity index (χ2n) is 4.92. The third-order valence-electron chi connectivity index (χ3n) is 3.29. The third kappa shape index (κ3) is 3.07. The molecule has 0 aliphatic carbocycles. The van der Waals surface area contributed by atoms with E-state index in [9.17, 15) is 18.8 Å². The molecule has 0 unspecified atom stereocenters. The average molecular weight is 349 g/mol. The Balaban J connectivity index is 1.91. The molecule has 1 heterocycles. The fourth-order valence-corrected chi connectivity index (χ4v) is 2.34. The lowest BCUT2D eigenvalue weighted by Gasteiger charge is -2.08. The molecule has 0 bridgehead atoms. The summed E-state index contributed by atoms with van der Waals surface area (Å²) in [5.74, 6) is -2.12. The van der Waals surface area contributed by atoms with Gasteiger partial charge in [0.05, 0.1) is 10.9 Å². The quantitative estimate of drug-likeness (QED) is 0.580. The Morgan fingerprint density at radius 1 is 1.21 bits per heavy atom. The SMILES string of the molecule is O=C(Cn1c(=O)[nH]c2ccccc2c1=O)Oc1ccc(Cl)cc1F. The third-order valence-corrected chi connectivity index (χ3v) is 3.53. The number of H-pyrrole nitrogens is 1. The normalized spacial score (nSPS) is 10.8. The molecule has 0 fully saturated rings. The van der Waals surface area contributed by atoms with Gasteiger partial charge in [0.2, 0.25) is 0 Å². The molecular formula is C16H10ClFN2O4. The minimum atomic E-state index is -0.959. The Morgan fingerprint density at radius 3 is 2.71 bits per heavy atom. The number of esters is 1. The summed E-state index contributed by atoms with van der Waals surface area (Å²) in [6.07, 6.45) is 0. The Hall–Kier alpha value is -2.93. The first kappa shape index (κ1) is 15.9. The van der Waals surface area contributed by atoms with E-state index in [-0.39, 0.29) is 16.2 Å². The number of aromatic amines is 1. The maximum Gasteiger partial charge on any atom is 0.331 e. The van der Waals surface area contributed by atoms with E-state index < -0.39 is 29.6 Å². The first-order valence-electron chi connectivity index (χ1n) is 6.83. The highest BCUT2D eigenvalue weighted by Gasteiger charge is 2.14. The first-order valence-corrected chi connectivity index (χ1v) is 7.21. The first-order chi connectivity index (χ1) is 11.5. The van der Waals surface area contributed by atoms with Crippen molar-refractivity contribution < 1.29 is 13.9 Å². The van der Waals surface area contributed by atoms with Crippen molar-refractivity contribution in [3.05, 3.63) is 74.1 Å². The fraction of sp³-hybridized carbons (Fsp3) is 0.0625. The summed E-state index contributed by atoms with van der Waals surface area (Å²) in [7, 11) is 0. The van der Waals surface area contributed by atoms with Gasteiger partial charge in [-0.25, -0.2) is 18.5 Å². The number of rotatable bonds is 3. The van der Waals surface area contributed by atoms with Crippen molar-refractivity contribution in [2.24, 2.45) is 0 Å². The van der Waals surface area contributed by atoms with Crippen LogP contribution in [0.3, 0.4) is 0 Å². The number of para-hydroxylation sites is 1. The monoisotopic (exact) mass is 348 g/mol. The summed E-state index contributed by atoms with van der Waals surface area (Å²) in [5.41, 5.74) is -1.03. The molecule has 1 aromatic heterocycles. The van der Waals surface area contributed by atoms with Crippen molar-refractivity contribution >= 4 is 28.5 Å². The number of nitrogens with one attached hydrogen (secondary N) is 1. The van der Waals surface area contributed by atoms with E-state index in [1.54, 1.807) is 18.2 Å². The molecule has 6 nitrogen and oxygen atoms in total. The molecule has 0 atom stereocenters. The van der Waals surface area contributed by atoms with E-state index >= 15 is 0 Å². The molecule has 0 saturated heterocycles. The average Bonchev–Trinajstić information content (AvgIpc) is 2.54. The van der Waals surface area contributed by atoms with E-state index in [0.29, 0.717) is 10.1 Å². The topological polar surface area (TPSA) is 81.2 Å². The molecule has 0 aliphatic heterocycles. The van der Waals surface area contributed by atoms with Gasteiger partial charge in [-0.15, -0.1) is 0 Å². The highest BCUT2D eigenvalue weighted by molar-refractivity contribution is 6.30. The van der Waals surface area contributed by atoms with Crippen LogP contribution < -0.4 is 16.0 Å². The van der Waals surface area contributed by atoms with Crippen molar-refractivity contribution in [1.29, 1.82) is 0 Å². The van der Waals surface area contributed by atoms with Crippen LogP contribution in [0, 0.1) is 5.82 Å². The lowest BCUT2D eigenvalue weighted by atomic mass is 10.2. The van der Waals surface area contributed by atoms with Gasteiger partial charge in [0.25, 0.3) is 5.56 Å². The van der Waals surface area contributed by atoms with Crippen LogP contribution in [0.2, 0.25) is 5.02 Å². The fourth-order valence-electron chi connectivity index (χ4n) is 2.18. The minimum Gasteiger partial charge on any atom is -0.422 e. The predicted molar refractivity (Wildman–Crippen MR) is 85.9 cm³/mol. The van der Waals surface area contributed by atoms with Gasteiger partial charge in [0, 0.05) is 5.02 Å². The second kappa shape index (κ2) is 6.29. The number of aromatic nitrogens is 2. The van der Waals surface area contributed by atoms with Gasteiger partial charge in [0.1, 0.15) is 6.54 Å². The lowest BCUT2D eigenvalue weighted by Crippen LogP contribution is -2.38. The van der Waals surface area contributed by atoms with Gasteiger partial charge in [-0.2, -0.15) is 0 Å². The molecule has 122 valence electrons. The Morgan fingerprint density at radius 2 is 1.96 bits per heavy atom. The molecule has 3 rings (SSSR count). The molecule has 0 radical (unpaired) electrons. The molecule has 0 saturated carbocycles. The highest BCUT2D eigenvalue weighted by atomic mass is 35.5. The molecule has 0 amide bonds. The van der Waals surface area contributed by atoms with Crippen molar-refractivity contribution in [3.8, 4) is 5.75 Å². The van der Waals surface area contributed by atoms with Crippen molar-refractivity contribution in [2.45, 2.75) is 6.54 Å². The predicted octanol–water partition coefficient (Wildman–Crippen LogP) is 2.09. The summed E-state index contributed by atoms with van der Waals surface area (Å²) >= 11 is 5.61. The van der Waals surface area contributed by atoms with E-state index in [0.717, 1.165) is 6.07 Å². The van der Waals surface area contributed by atoms with Crippen LogP contribution in [0.5, 0.6) is 5.75 Å². The molecule has 0 aliphatic rings. The Bertz CT molecular complexity index is 1060. The molecule has 8 heteroatoms. The van der Waals surface area contributed by atoms with Crippen LogP contribution in [-0.2, 0) is 11.3 Å². The van der Waals surface area contributed by atoms with Crippen LogP contribution in [0.4, 0.5) is 4.39 Å². The second-order valence-corrected chi connectivity index (χ2v) is 5.35. The smallest absolute Gasteiger partial charge is 0.331 e. The van der Waals surface area contributed by atoms with Crippen LogP contribution in [0.25, 0.3) is 10.9 Å². The van der Waals surface area contributed by atoms with E-state index in [4.69, 9.17) is 16.3 Å². The largest absolute Gasteiger partial charge is 0.422 e. The zero-order valence-electron chi connectivity index (χ0n) is 12.1. The van der Waals surface area contributed by atoms with Crippen LogP contribution >= 0.6 is 11.6 Å². The minimum absolute atomic E-state index is 0.148. The van der Waals surface area contributed by atoms with Gasteiger partial charge in [-0.3, -0.25) is 4.79 Å². The standard InChI is InChI=1S/C16H10ClFN2O4/c17-9-5-6-13(11(18)7-9)24-14(21)8-20-15(22)10-3-1-2-4-12(10)19-16(20)23/h1-7H,8H2,(H,19,23). The number of hydrogen-bond donors (Lipinski definition) is 1. The molecular weight excluding hydrogens is 339 g/mol. The van der Waals surface area contributed by atoms with Gasteiger partial charge in [-0.1, -0.05) is 23.7 Å². The van der Waals surface area contributed by atoms with Gasteiger partial charge in [0.15, 0.2) is 11.6 Å². The van der Waals surface area contributed by atoms with Gasteiger partial charge >= 0.3 is 11.7 Å². The number of halogens is 2. The molecule has 0 spiro atoms. The Labute approximate surface area is 139 Å². The van der Waals surface area contributed by atoms with Crippen LogP contribution in [0.1, 0.15) is 0 Å². The molecule has 3 aromatic rings. The highest BCUT2D eigenvalue weighted by Crippen LogP contribution is 2.21. The van der Waals surface area contributed by atoms with Gasteiger partial charge < -0.3 is 9.72 Å². The lowest BCUT2D eigenvalue weighted by molar-refractivity contribution is -0.135. The number of carbonyl (C=O) groups is 1. The Kier molecular flexibility index (Phi) is 4.18. The van der Waals surface area contributed by atoms with E-state index in [1.807, 2.05) is 0 Å².